The molecular weight excluding hydrogens is 361 g/mol. The summed E-state index contributed by atoms with van der Waals surface area (Å²) in [6.07, 6.45) is 4.88. The quantitative estimate of drug-likeness (QED) is 0.329. The van der Waals surface area contributed by atoms with E-state index >= 15 is 0 Å². The summed E-state index contributed by atoms with van der Waals surface area (Å²) in [6, 6.07) is 5.44. The number of carboxylic acids is 1. The van der Waals surface area contributed by atoms with E-state index in [1.807, 2.05) is 0 Å². The molecule has 9 heteroatoms. The highest BCUT2D eigenvalue weighted by molar-refractivity contribution is 6.47. The van der Waals surface area contributed by atoms with Crippen molar-refractivity contribution in [3.63, 3.8) is 0 Å². The Morgan fingerprint density at radius 1 is 1.32 bits per heavy atom. The van der Waals surface area contributed by atoms with Gasteiger partial charge in [0.1, 0.15) is 5.75 Å². The van der Waals surface area contributed by atoms with Crippen LogP contribution in [-0.4, -0.2) is 59.0 Å². The molecule has 1 aromatic carbocycles. The average molecular weight is 390 g/mol. The Morgan fingerprint density at radius 2 is 2.07 bits per heavy atom. The summed E-state index contributed by atoms with van der Waals surface area (Å²) in [6.45, 7) is 1.46. The largest absolute Gasteiger partial charge is 0.547 e. The third kappa shape index (κ3) is 5.04. The molecule has 8 nitrogen and oxygen atoms in total. The second-order valence-corrected chi connectivity index (χ2v) is 7.67. The van der Waals surface area contributed by atoms with Crippen LogP contribution in [0.4, 0.5) is 0 Å². The number of carboxylic acid groups (broad SMARTS) is 1. The highest BCUT2D eigenvalue weighted by Gasteiger charge is 2.38. The fourth-order valence-corrected chi connectivity index (χ4v) is 4.11. The molecule has 0 saturated heterocycles. The van der Waals surface area contributed by atoms with Crippen molar-refractivity contribution in [2.24, 2.45) is 11.7 Å². The molecule has 1 aromatic rings. The van der Waals surface area contributed by atoms with Crippen molar-refractivity contribution in [3.8, 4) is 5.75 Å². The Balaban J connectivity index is 1.51. The van der Waals surface area contributed by atoms with Crippen LogP contribution in [0.3, 0.4) is 0 Å². The number of para-hydroxylation sites is 1. The number of amides is 1. The first-order valence-corrected chi connectivity index (χ1v) is 9.92. The van der Waals surface area contributed by atoms with E-state index in [9.17, 15) is 19.7 Å². The number of carbonyl (C=O) groups is 1. The summed E-state index contributed by atoms with van der Waals surface area (Å²) < 4.78 is 5.46. The van der Waals surface area contributed by atoms with Gasteiger partial charge in [-0.05, 0) is 49.7 Å². The standard InChI is InChI=1S/C19H28BN3O5/c21-8-9-22-14-6-4-12(5-7-14)10-17(24)23-16-11-13-2-1-3-15(19(25)26)18(13)28-20(16)27/h1-3,12,14,16,22,27H,4-11,21H2,(H,23,24)(H,25,26)/p+1/t12?,14?,16-/m0/s1. The summed E-state index contributed by atoms with van der Waals surface area (Å²) in [5, 5.41) is 25.9. The lowest BCUT2D eigenvalue weighted by atomic mass is 9.72. The molecule has 0 bridgehead atoms. The second kappa shape index (κ2) is 9.40. The number of carbonyl (C=O) groups excluding carboxylic acids is 1. The van der Waals surface area contributed by atoms with Crippen LogP contribution in [-0.2, 0) is 11.2 Å². The first kappa shape index (κ1) is 20.6. The minimum Gasteiger partial charge on any atom is -0.534 e. The second-order valence-electron chi connectivity index (χ2n) is 7.67. The fraction of sp³-hybridized carbons (Fsp3) is 0.579. The predicted molar refractivity (Wildman–Crippen MR) is 107 cm³/mol. The maximum Gasteiger partial charge on any atom is 0.547 e. The molecule has 7 N–H and O–H groups in total. The van der Waals surface area contributed by atoms with E-state index in [0.29, 0.717) is 36.9 Å². The fourth-order valence-electron chi connectivity index (χ4n) is 4.11. The van der Waals surface area contributed by atoms with Gasteiger partial charge in [0, 0.05) is 25.6 Å². The first-order valence-electron chi connectivity index (χ1n) is 9.92. The Morgan fingerprint density at radius 3 is 2.75 bits per heavy atom. The normalized spacial score (nSPS) is 24.2. The molecule has 0 unspecified atom stereocenters. The zero-order chi connectivity index (χ0) is 20.1. The molecule has 0 radical (unpaired) electrons. The maximum absolute atomic E-state index is 12.5. The van der Waals surface area contributed by atoms with E-state index in [-0.39, 0.29) is 17.2 Å². The molecule has 1 saturated carbocycles. The van der Waals surface area contributed by atoms with Crippen LogP contribution in [0.15, 0.2) is 18.2 Å². The van der Waals surface area contributed by atoms with Crippen molar-refractivity contribution in [3.05, 3.63) is 29.3 Å². The molecule has 1 heterocycles. The van der Waals surface area contributed by atoms with Gasteiger partial charge in [0.2, 0.25) is 5.91 Å². The van der Waals surface area contributed by atoms with Crippen molar-refractivity contribution in [2.75, 3.05) is 13.1 Å². The van der Waals surface area contributed by atoms with Crippen LogP contribution < -0.4 is 21.0 Å². The molecule has 1 aliphatic carbocycles. The highest BCUT2D eigenvalue weighted by atomic mass is 16.5. The molecule has 3 rings (SSSR count). The average Bonchev–Trinajstić information content (AvgIpc) is 2.67. The third-order valence-electron chi connectivity index (χ3n) is 5.60. The molecule has 1 fully saturated rings. The number of benzene rings is 1. The van der Waals surface area contributed by atoms with Crippen molar-refractivity contribution in [2.45, 2.75) is 50.5 Å². The van der Waals surface area contributed by atoms with Crippen molar-refractivity contribution < 1.29 is 24.4 Å². The van der Waals surface area contributed by atoms with Crippen LogP contribution in [0.1, 0.15) is 43.2 Å². The van der Waals surface area contributed by atoms with Crippen LogP contribution in [0, 0.1) is 5.92 Å². The topological polar surface area (TPSA) is 138 Å². The van der Waals surface area contributed by atoms with Gasteiger partial charge in [-0.25, -0.2) is 0 Å². The Bertz CT molecular complexity index is 709. The minimum absolute atomic E-state index is 0.0952. The van der Waals surface area contributed by atoms with Crippen molar-refractivity contribution >= 4 is 19.0 Å². The summed E-state index contributed by atoms with van der Waals surface area (Å²) >= 11 is 0. The number of aromatic carboxylic acids is 1. The van der Waals surface area contributed by atoms with Gasteiger partial charge in [0.05, 0.1) is 5.94 Å². The van der Waals surface area contributed by atoms with Gasteiger partial charge in [0.15, 0.2) is 5.56 Å². The Hall–Kier alpha value is -2.10. The van der Waals surface area contributed by atoms with Crippen molar-refractivity contribution in [1.82, 2.24) is 10.6 Å². The number of nitrogens with one attached hydrogen (secondary N) is 2. The lowest BCUT2D eigenvalue weighted by molar-refractivity contribution is -0.122. The van der Waals surface area contributed by atoms with E-state index in [0.717, 1.165) is 32.2 Å². The van der Waals surface area contributed by atoms with Crippen molar-refractivity contribution in [1.29, 1.82) is 0 Å². The van der Waals surface area contributed by atoms with E-state index in [4.69, 9.17) is 10.4 Å². The molecule has 1 atom stereocenters. The number of hydrogen-bond donors (Lipinski definition) is 5. The van der Waals surface area contributed by atoms with Gasteiger partial charge in [0.25, 0.3) is 0 Å². The summed E-state index contributed by atoms with van der Waals surface area (Å²) in [7, 11) is -1.24. The van der Waals surface area contributed by atoms with Crippen LogP contribution in [0.5, 0.6) is 5.75 Å². The number of hydrogen-bond acceptors (Lipinski definition) is 5. The summed E-state index contributed by atoms with van der Waals surface area (Å²) in [5.41, 5.74) is 6.35. The number of rotatable bonds is 7. The van der Waals surface area contributed by atoms with Gasteiger partial charge < -0.3 is 35.9 Å². The molecule has 2 aliphatic rings. The SMILES string of the molecule is NCCNC1CCC(CC(=O)N[C@H]2Cc3cccc(C(O)=[OH+])c3OB2O)CC1. The Kier molecular flexibility index (Phi) is 6.93. The highest BCUT2D eigenvalue weighted by Crippen LogP contribution is 2.30. The zero-order valence-corrected chi connectivity index (χ0v) is 15.9. The van der Waals surface area contributed by atoms with E-state index < -0.39 is 19.0 Å². The molecule has 1 amide bonds. The molecule has 28 heavy (non-hydrogen) atoms. The van der Waals surface area contributed by atoms with Crippen LogP contribution >= 0.6 is 0 Å². The van der Waals surface area contributed by atoms with Crippen LogP contribution in [0.25, 0.3) is 0 Å². The van der Waals surface area contributed by atoms with E-state index in [1.165, 1.54) is 6.07 Å². The van der Waals surface area contributed by atoms with E-state index in [2.05, 4.69) is 10.6 Å². The maximum atomic E-state index is 12.5. The molecular formula is C19H29BN3O5+. The van der Waals surface area contributed by atoms with Gasteiger partial charge in [-0.2, -0.15) is 0 Å². The molecule has 0 spiro atoms. The number of aliphatic hydroxyl groups excluding tert-OH is 1. The van der Waals surface area contributed by atoms with Gasteiger partial charge in [-0.1, -0.05) is 12.1 Å². The zero-order valence-electron chi connectivity index (χ0n) is 15.9. The summed E-state index contributed by atoms with van der Waals surface area (Å²) in [5.74, 6) is -0.940. The molecule has 0 aromatic heterocycles. The smallest absolute Gasteiger partial charge is 0.534 e. The third-order valence-corrected chi connectivity index (χ3v) is 5.60. The lowest BCUT2D eigenvalue weighted by Gasteiger charge is -2.31. The monoisotopic (exact) mass is 390 g/mol. The first-order chi connectivity index (χ1) is 13.5. The van der Waals surface area contributed by atoms with Gasteiger partial charge in [-0.3, -0.25) is 4.79 Å². The number of nitrogens with two attached hydrogens (primary N) is 1. The molecule has 1 aliphatic heterocycles. The van der Waals surface area contributed by atoms with Crippen LogP contribution in [0.2, 0.25) is 0 Å². The lowest BCUT2D eigenvalue weighted by Crippen LogP contribution is -2.53. The predicted octanol–water partition coefficient (Wildman–Crippen LogP) is 0.0317. The van der Waals surface area contributed by atoms with E-state index in [1.54, 1.807) is 12.1 Å². The van der Waals surface area contributed by atoms with Gasteiger partial charge in [-0.15, -0.1) is 0 Å². The number of fused-ring (bicyclic) bond motifs is 1. The minimum atomic E-state index is -1.24. The van der Waals surface area contributed by atoms with Gasteiger partial charge >= 0.3 is 13.1 Å². The Labute approximate surface area is 165 Å². The molecule has 152 valence electrons. The summed E-state index contributed by atoms with van der Waals surface area (Å²) in [4.78, 5) is 21.8.